The molecule has 0 saturated carbocycles. The van der Waals surface area contributed by atoms with E-state index in [1.54, 1.807) is 11.7 Å². The number of nitrogen functional groups attached to an aromatic ring is 1. The van der Waals surface area contributed by atoms with Crippen LogP contribution in [0.15, 0.2) is 40.0 Å². The first-order chi connectivity index (χ1) is 9.02. The van der Waals surface area contributed by atoms with Gasteiger partial charge >= 0.3 is 0 Å². The Morgan fingerprint density at radius 3 is 2.21 bits per heavy atom. The van der Waals surface area contributed by atoms with Gasteiger partial charge in [-0.25, -0.2) is 0 Å². The zero-order valence-electron chi connectivity index (χ0n) is 11.6. The standard InChI is InChI=1S/C9H13N3.C3H6N3S/c1-10-11-8-4-6-9(7-5-8)12(2)3;1-6-2-7-3(4)5-6/h4-7H,1-3H3;2H,1H3,(H2,4,5)/q;+1. The Morgan fingerprint density at radius 2 is 1.89 bits per heavy atom. The fourth-order valence-corrected chi connectivity index (χ4v) is 1.75. The molecule has 2 aromatic rings. The smallest absolute Gasteiger partial charge is 0.254 e. The number of aryl methyl sites for hydroxylation is 1. The van der Waals surface area contributed by atoms with Gasteiger partial charge in [0.1, 0.15) is 0 Å². The first-order valence-electron chi connectivity index (χ1n) is 5.67. The number of benzene rings is 1. The molecule has 6 nitrogen and oxygen atoms in total. The van der Waals surface area contributed by atoms with E-state index < -0.39 is 0 Å². The Bertz CT molecular complexity index is 501. The third-order valence-electron chi connectivity index (χ3n) is 2.16. The van der Waals surface area contributed by atoms with Gasteiger partial charge in [0.05, 0.1) is 5.69 Å². The maximum Gasteiger partial charge on any atom is 0.254 e. The van der Waals surface area contributed by atoms with E-state index in [9.17, 15) is 0 Å². The first kappa shape index (κ1) is 15.0. The molecule has 1 aromatic carbocycles. The predicted octanol–water partition coefficient (Wildman–Crippen LogP) is 2.02. The van der Waals surface area contributed by atoms with E-state index >= 15 is 0 Å². The Kier molecular flexibility index (Phi) is 5.87. The summed E-state index contributed by atoms with van der Waals surface area (Å²) in [6, 6.07) is 7.93. The van der Waals surface area contributed by atoms with Crippen LogP contribution in [0.1, 0.15) is 0 Å². The largest absolute Gasteiger partial charge is 0.378 e. The molecule has 0 aliphatic heterocycles. The molecule has 0 atom stereocenters. The molecule has 0 amide bonds. The summed E-state index contributed by atoms with van der Waals surface area (Å²) in [5, 5.41) is 12.0. The number of azo groups is 1. The summed E-state index contributed by atoms with van der Waals surface area (Å²) in [6.45, 7) is 0. The van der Waals surface area contributed by atoms with Crippen molar-refractivity contribution in [1.29, 1.82) is 0 Å². The van der Waals surface area contributed by atoms with E-state index in [2.05, 4.69) is 15.3 Å². The average molecular weight is 279 g/mol. The molecule has 102 valence electrons. The number of anilines is 2. The summed E-state index contributed by atoms with van der Waals surface area (Å²) in [7, 11) is 7.53. The van der Waals surface area contributed by atoms with Crippen LogP contribution < -0.4 is 15.3 Å². The van der Waals surface area contributed by atoms with Gasteiger partial charge in [-0.15, -0.1) is 0 Å². The molecule has 0 unspecified atom stereocenters. The van der Waals surface area contributed by atoms with Crippen molar-refractivity contribution in [2.75, 3.05) is 31.8 Å². The van der Waals surface area contributed by atoms with Gasteiger partial charge in [0, 0.05) is 31.9 Å². The SMILES string of the molecule is CN=Nc1ccc(N(C)C)cc1.C[n+]1csc(N)n1. The quantitative estimate of drug-likeness (QED) is 0.675. The number of hydrogen-bond donors (Lipinski definition) is 1. The number of nitrogens with zero attached hydrogens (tertiary/aromatic N) is 5. The maximum atomic E-state index is 5.27. The summed E-state index contributed by atoms with van der Waals surface area (Å²) in [6.07, 6.45) is 0. The molecule has 0 fully saturated rings. The van der Waals surface area contributed by atoms with E-state index in [1.807, 2.05) is 55.8 Å². The van der Waals surface area contributed by atoms with Crippen LogP contribution in [-0.2, 0) is 7.05 Å². The number of rotatable bonds is 2. The molecule has 1 heterocycles. The number of aromatic nitrogens is 2. The van der Waals surface area contributed by atoms with Crippen molar-refractivity contribution in [3.8, 4) is 0 Å². The van der Waals surface area contributed by atoms with Crippen LogP contribution in [0.25, 0.3) is 0 Å². The summed E-state index contributed by atoms with van der Waals surface area (Å²) < 4.78 is 1.68. The highest BCUT2D eigenvalue weighted by Crippen LogP contribution is 2.17. The summed E-state index contributed by atoms with van der Waals surface area (Å²) in [5.41, 5.74) is 9.17. The Morgan fingerprint density at radius 1 is 1.26 bits per heavy atom. The molecule has 0 bridgehead atoms. The molecule has 2 rings (SSSR count). The fraction of sp³-hybridized carbons (Fsp3) is 0.333. The molecular weight excluding hydrogens is 260 g/mol. The third kappa shape index (κ3) is 5.43. The molecular formula is C12H19N6S+. The van der Waals surface area contributed by atoms with E-state index in [0.717, 1.165) is 5.69 Å². The highest BCUT2D eigenvalue weighted by atomic mass is 32.1. The van der Waals surface area contributed by atoms with Crippen LogP contribution in [0.4, 0.5) is 16.5 Å². The van der Waals surface area contributed by atoms with Crippen molar-refractivity contribution in [1.82, 2.24) is 5.10 Å². The minimum absolute atomic E-state index is 0.613. The molecule has 1 aromatic heterocycles. The van der Waals surface area contributed by atoms with E-state index in [1.165, 1.54) is 17.0 Å². The Hall–Kier alpha value is -2.02. The normalized spacial score (nSPS) is 10.1. The number of nitrogens with two attached hydrogens (primary N) is 1. The van der Waals surface area contributed by atoms with Crippen LogP contribution in [0.5, 0.6) is 0 Å². The van der Waals surface area contributed by atoms with Crippen molar-refractivity contribution in [3.05, 3.63) is 29.8 Å². The summed E-state index contributed by atoms with van der Waals surface area (Å²) in [5.74, 6) is 0. The fourth-order valence-electron chi connectivity index (χ4n) is 1.27. The van der Waals surface area contributed by atoms with Crippen molar-refractivity contribution in [3.63, 3.8) is 0 Å². The predicted molar refractivity (Wildman–Crippen MR) is 78.9 cm³/mol. The van der Waals surface area contributed by atoms with Gasteiger partial charge in [-0.2, -0.15) is 10.2 Å². The first-order valence-corrected chi connectivity index (χ1v) is 6.55. The van der Waals surface area contributed by atoms with Crippen molar-refractivity contribution < 1.29 is 4.68 Å². The second-order valence-corrected chi connectivity index (χ2v) is 4.81. The van der Waals surface area contributed by atoms with Crippen molar-refractivity contribution >= 4 is 27.8 Å². The molecule has 0 radical (unpaired) electrons. The molecule has 0 spiro atoms. The van der Waals surface area contributed by atoms with Crippen molar-refractivity contribution in [2.45, 2.75) is 0 Å². The highest BCUT2D eigenvalue weighted by Gasteiger charge is 1.95. The second kappa shape index (κ2) is 7.42. The van der Waals surface area contributed by atoms with E-state index in [4.69, 9.17) is 5.73 Å². The molecule has 19 heavy (non-hydrogen) atoms. The third-order valence-corrected chi connectivity index (χ3v) is 2.90. The van der Waals surface area contributed by atoms with Crippen LogP contribution in [0.2, 0.25) is 0 Å². The van der Waals surface area contributed by atoms with Crippen LogP contribution >= 0.6 is 11.3 Å². The Balaban J connectivity index is 0.000000218. The molecule has 0 saturated heterocycles. The lowest BCUT2D eigenvalue weighted by Gasteiger charge is -2.11. The van der Waals surface area contributed by atoms with Crippen LogP contribution in [0, 0.1) is 0 Å². The van der Waals surface area contributed by atoms with Crippen LogP contribution in [-0.4, -0.2) is 26.2 Å². The van der Waals surface area contributed by atoms with Gasteiger partial charge in [-0.05, 0) is 35.6 Å². The minimum atomic E-state index is 0.613. The summed E-state index contributed by atoms with van der Waals surface area (Å²) >= 11 is 1.43. The van der Waals surface area contributed by atoms with Gasteiger partial charge < -0.3 is 10.6 Å². The minimum Gasteiger partial charge on any atom is -0.378 e. The topological polar surface area (TPSA) is 70.8 Å². The molecule has 2 N–H and O–H groups in total. The number of hydrogen-bond acceptors (Lipinski definition) is 6. The highest BCUT2D eigenvalue weighted by molar-refractivity contribution is 7.12. The maximum absolute atomic E-state index is 5.27. The second-order valence-electron chi connectivity index (χ2n) is 3.95. The van der Waals surface area contributed by atoms with Gasteiger partial charge in [0.15, 0.2) is 7.05 Å². The summed E-state index contributed by atoms with van der Waals surface area (Å²) in [4.78, 5) is 2.05. The Labute approximate surface area is 117 Å². The van der Waals surface area contributed by atoms with E-state index in [-0.39, 0.29) is 0 Å². The zero-order chi connectivity index (χ0) is 14.3. The van der Waals surface area contributed by atoms with Gasteiger partial charge in [0.2, 0.25) is 0 Å². The lowest BCUT2D eigenvalue weighted by atomic mass is 10.3. The molecule has 0 aliphatic rings. The monoisotopic (exact) mass is 279 g/mol. The lowest BCUT2D eigenvalue weighted by molar-refractivity contribution is -0.724. The van der Waals surface area contributed by atoms with Gasteiger partial charge in [-0.3, -0.25) is 0 Å². The van der Waals surface area contributed by atoms with Gasteiger partial charge in [-0.1, -0.05) is 4.68 Å². The van der Waals surface area contributed by atoms with Gasteiger partial charge in [0.25, 0.3) is 10.6 Å². The zero-order valence-corrected chi connectivity index (χ0v) is 12.4. The van der Waals surface area contributed by atoms with Crippen LogP contribution in [0.3, 0.4) is 0 Å². The lowest BCUT2D eigenvalue weighted by Crippen LogP contribution is -2.28. The molecule has 0 aliphatic carbocycles. The van der Waals surface area contributed by atoms with E-state index in [0.29, 0.717) is 5.13 Å². The molecule has 7 heteroatoms. The van der Waals surface area contributed by atoms with Crippen molar-refractivity contribution in [2.24, 2.45) is 17.3 Å². The average Bonchev–Trinajstić information content (AvgIpc) is 2.75.